The maximum Gasteiger partial charge on any atom is 0.339 e. The van der Waals surface area contributed by atoms with Crippen molar-refractivity contribution in [3.8, 4) is 11.5 Å². The van der Waals surface area contributed by atoms with Crippen molar-refractivity contribution in [2.45, 2.75) is 13.8 Å². The molecule has 2 aromatic carbocycles. The second kappa shape index (κ2) is 6.07. The van der Waals surface area contributed by atoms with Gasteiger partial charge in [-0.3, -0.25) is 4.99 Å². The minimum atomic E-state index is -1.22. The van der Waals surface area contributed by atoms with Gasteiger partial charge < -0.3 is 15.3 Å². The molecule has 6 heteroatoms. The van der Waals surface area contributed by atoms with E-state index in [4.69, 9.17) is 16.7 Å². The first-order chi connectivity index (χ1) is 10.3. The predicted octanol–water partition coefficient (Wildman–Crippen LogP) is 3.82. The number of halogens is 1. The summed E-state index contributed by atoms with van der Waals surface area (Å²) < 4.78 is 0. The molecule has 0 saturated heterocycles. The quantitative estimate of drug-likeness (QED) is 0.750. The number of rotatable bonds is 3. The Labute approximate surface area is 132 Å². The van der Waals surface area contributed by atoms with Gasteiger partial charge >= 0.3 is 5.97 Å². The Hall–Kier alpha value is -2.53. The summed E-state index contributed by atoms with van der Waals surface area (Å²) in [4.78, 5) is 15.0. The van der Waals surface area contributed by atoms with Crippen LogP contribution in [0.2, 0.25) is 5.02 Å². The van der Waals surface area contributed by atoms with Gasteiger partial charge in [-0.1, -0.05) is 11.6 Å². The van der Waals surface area contributed by atoms with Crippen molar-refractivity contribution in [3.63, 3.8) is 0 Å². The number of aryl methyl sites for hydroxylation is 1. The Balaban J connectivity index is 2.40. The number of phenols is 2. The second-order valence-corrected chi connectivity index (χ2v) is 5.21. The molecule has 0 radical (unpaired) electrons. The number of nitrogens with zero attached hydrogens (tertiary/aromatic N) is 1. The lowest BCUT2D eigenvalue weighted by molar-refractivity contribution is 0.0694. The average Bonchev–Trinajstić information content (AvgIpc) is 2.44. The molecule has 0 amide bonds. The molecule has 0 aromatic heterocycles. The number of aromatic hydroxyl groups is 2. The van der Waals surface area contributed by atoms with Gasteiger partial charge in [0.1, 0.15) is 17.1 Å². The lowest BCUT2D eigenvalue weighted by Crippen LogP contribution is -1.95. The van der Waals surface area contributed by atoms with Crippen LogP contribution in [0.3, 0.4) is 0 Å². The van der Waals surface area contributed by atoms with Gasteiger partial charge in [-0.05, 0) is 43.2 Å². The summed E-state index contributed by atoms with van der Waals surface area (Å²) in [5.74, 6) is -1.54. The lowest BCUT2D eigenvalue weighted by Gasteiger charge is -2.08. The molecule has 3 N–H and O–H groups in total. The Bertz CT molecular complexity index is 784. The van der Waals surface area contributed by atoms with Gasteiger partial charge in [-0.25, -0.2) is 4.79 Å². The Kier molecular flexibility index (Phi) is 4.37. The van der Waals surface area contributed by atoms with E-state index in [-0.39, 0.29) is 17.1 Å². The van der Waals surface area contributed by atoms with Crippen LogP contribution in [0.15, 0.2) is 29.3 Å². The second-order valence-electron chi connectivity index (χ2n) is 4.83. The molecule has 0 bridgehead atoms. The fourth-order valence-corrected chi connectivity index (χ4v) is 2.19. The molecule has 0 aliphatic rings. The van der Waals surface area contributed by atoms with E-state index in [9.17, 15) is 15.0 Å². The molecule has 0 heterocycles. The Morgan fingerprint density at radius 2 is 1.86 bits per heavy atom. The normalized spacial score (nSPS) is 11.0. The number of carboxylic acids is 1. The van der Waals surface area contributed by atoms with E-state index in [0.29, 0.717) is 21.8 Å². The highest BCUT2D eigenvalue weighted by atomic mass is 35.5. The number of aromatic carboxylic acids is 1. The topological polar surface area (TPSA) is 90.1 Å². The number of phenolic OH excluding ortho intramolecular Hbond substituents is 1. The van der Waals surface area contributed by atoms with E-state index < -0.39 is 5.97 Å². The standard InChI is InChI=1S/C16H14ClNO4/c1-8-5-13(19)12(9(2)15(8)17)7-18-10-3-4-11(16(21)22)14(20)6-10/h3-7,19-20H,1-2H3,(H,21,22). The summed E-state index contributed by atoms with van der Waals surface area (Å²) >= 11 is 6.14. The molecule has 0 atom stereocenters. The number of hydrogen-bond acceptors (Lipinski definition) is 4. The monoisotopic (exact) mass is 319 g/mol. The van der Waals surface area contributed by atoms with Crippen LogP contribution in [0.1, 0.15) is 27.0 Å². The van der Waals surface area contributed by atoms with Crippen molar-refractivity contribution in [3.05, 3.63) is 51.5 Å². The zero-order valence-electron chi connectivity index (χ0n) is 12.0. The average molecular weight is 320 g/mol. The summed E-state index contributed by atoms with van der Waals surface area (Å²) in [5.41, 5.74) is 2.08. The Morgan fingerprint density at radius 3 is 2.45 bits per heavy atom. The molecule has 5 nitrogen and oxygen atoms in total. The van der Waals surface area contributed by atoms with Crippen molar-refractivity contribution in [1.29, 1.82) is 0 Å². The van der Waals surface area contributed by atoms with Gasteiger partial charge in [0, 0.05) is 22.9 Å². The molecule has 0 aliphatic heterocycles. The maximum absolute atomic E-state index is 10.8. The zero-order chi connectivity index (χ0) is 16.4. The molecular weight excluding hydrogens is 306 g/mol. The third-order valence-electron chi connectivity index (χ3n) is 3.26. The molecule has 0 fully saturated rings. The van der Waals surface area contributed by atoms with E-state index in [2.05, 4.69) is 4.99 Å². The Morgan fingerprint density at radius 1 is 1.18 bits per heavy atom. The third-order valence-corrected chi connectivity index (χ3v) is 3.84. The molecule has 22 heavy (non-hydrogen) atoms. The minimum Gasteiger partial charge on any atom is -0.507 e. The number of benzene rings is 2. The van der Waals surface area contributed by atoms with Crippen LogP contribution in [0.4, 0.5) is 5.69 Å². The highest BCUT2D eigenvalue weighted by Gasteiger charge is 2.11. The molecule has 0 unspecified atom stereocenters. The smallest absolute Gasteiger partial charge is 0.339 e. The summed E-state index contributed by atoms with van der Waals surface area (Å²) in [6.45, 7) is 3.56. The van der Waals surface area contributed by atoms with Crippen LogP contribution in [0, 0.1) is 13.8 Å². The fraction of sp³-hybridized carbons (Fsp3) is 0.125. The zero-order valence-corrected chi connectivity index (χ0v) is 12.7. The van der Waals surface area contributed by atoms with E-state index in [1.54, 1.807) is 19.9 Å². The molecule has 0 saturated carbocycles. The van der Waals surface area contributed by atoms with Crippen molar-refractivity contribution in [2.75, 3.05) is 0 Å². The summed E-state index contributed by atoms with van der Waals surface area (Å²) in [6, 6.07) is 5.50. The largest absolute Gasteiger partial charge is 0.507 e. The van der Waals surface area contributed by atoms with Crippen molar-refractivity contribution < 1.29 is 20.1 Å². The highest BCUT2D eigenvalue weighted by molar-refractivity contribution is 6.32. The van der Waals surface area contributed by atoms with Gasteiger partial charge in [0.15, 0.2) is 0 Å². The van der Waals surface area contributed by atoms with E-state index >= 15 is 0 Å². The van der Waals surface area contributed by atoms with Crippen LogP contribution >= 0.6 is 11.6 Å². The van der Waals surface area contributed by atoms with Crippen molar-refractivity contribution in [2.24, 2.45) is 4.99 Å². The summed E-state index contributed by atoms with van der Waals surface area (Å²) in [7, 11) is 0. The van der Waals surface area contributed by atoms with Crippen molar-refractivity contribution in [1.82, 2.24) is 0 Å². The highest BCUT2D eigenvalue weighted by Crippen LogP contribution is 2.30. The molecule has 0 spiro atoms. The molecule has 2 rings (SSSR count). The van der Waals surface area contributed by atoms with Gasteiger partial charge in [0.25, 0.3) is 0 Å². The molecule has 2 aromatic rings. The number of hydrogen-bond donors (Lipinski definition) is 3. The number of carboxylic acid groups (broad SMARTS) is 1. The fourth-order valence-electron chi connectivity index (χ4n) is 2.04. The van der Waals surface area contributed by atoms with Gasteiger partial charge in [0.05, 0.1) is 5.69 Å². The minimum absolute atomic E-state index is 0.0505. The van der Waals surface area contributed by atoms with Crippen LogP contribution in [0.25, 0.3) is 0 Å². The molecule has 114 valence electrons. The van der Waals surface area contributed by atoms with Gasteiger partial charge in [0.2, 0.25) is 0 Å². The first kappa shape index (κ1) is 15.9. The SMILES string of the molecule is Cc1cc(O)c(C=Nc2ccc(C(=O)O)c(O)c2)c(C)c1Cl. The summed E-state index contributed by atoms with van der Waals surface area (Å²) in [6.07, 6.45) is 1.42. The molecular formula is C16H14ClNO4. The van der Waals surface area contributed by atoms with Crippen LogP contribution < -0.4 is 0 Å². The molecule has 0 aliphatic carbocycles. The van der Waals surface area contributed by atoms with Crippen LogP contribution in [-0.2, 0) is 0 Å². The lowest BCUT2D eigenvalue weighted by atomic mass is 10.0. The van der Waals surface area contributed by atoms with Crippen LogP contribution in [0.5, 0.6) is 11.5 Å². The van der Waals surface area contributed by atoms with E-state index in [1.807, 2.05) is 0 Å². The maximum atomic E-state index is 10.8. The van der Waals surface area contributed by atoms with Crippen molar-refractivity contribution >= 4 is 29.5 Å². The first-order valence-corrected chi connectivity index (χ1v) is 6.78. The third kappa shape index (κ3) is 3.04. The number of aliphatic imine (C=N–C) groups is 1. The van der Waals surface area contributed by atoms with Crippen LogP contribution in [-0.4, -0.2) is 27.5 Å². The van der Waals surface area contributed by atoms with Gasteiger partial charge in [-0.15, -0.1) is 0 Å². The first-order valence-electron chi connectivity index (χ1n) is 6.40. The van der Waals surface area contributed by atoms with E-state index in [0.717, 1.165) is 5.56 Å². The predicted molar refractivity (Wildman–Crippen MR) is 84.9 cm³/mol. The number of carbonyl (C=O) groups is 1. The summed E-state index contributed by atoms with van der Waals surface area (Å²) in [5, 5.41) is 29.0. The van der Waals surface area contributed by atoms with E-state index in [1.165, 1.54) is 24.4 Å². The van der Waals surface area contributed by atoms with Gasteiger partial charge in [-0.2, -0.15) is 0 Å².